The molecule has 0 spiro atoms. The van der Waals surface area contributed by atoms with Crippen LogP contribution in [0.4, 0.5) is 0 Å². The van der Waals surface area contributed by atoms with Crippen molar-refractivity contribution in [2.45, 2.75) is 26.8 Å². The van der Waals surface area contributed by atoms with Crippen molar-refractivity contribution in [1.82, 2.24) is 10.3 Å². The van der Waals surface area contributed by atoms with Crippen molar-refractivity contribution in [3.63, 3.8) is 0 Å². The summed E-state index contributed by atoms with van der Waals surface area (Å²) in [4.78, 5) is 4.33. The molecule has 2 rings (SSSR count). The highest BCUT2D eigenvalue weighted by molar-refractivity contribution is 5.42. The predicted molar refractivity (Wildman–Crippen MR) is 83.9 cm³/mol. The van der Waals surface area contributed by atoms with Crippen LogP contribution in [0.1, 0.15) is 25.8 Å². The first-order valence-corrected chi connectivity index (χ1v) is 7.39. The number of nitrogens with one attached hydrogen (secondary N) is 1. The lowest BCUT2D eigenvalue weighted by atomic mass is 10.2. The minimum Gasteiger partial charge on any atom is -0.490 e. The Morgan fingerprint density at radius 2 is 1.86 bits per heavy atom. The van der Waals surface area contributed by atoms with Crippen LogP contribution in [0.15, 0.2) is 42.6 Å². The van der Waals surface area contributed by atoms with Gasteiger partial charge in [0, 0.05) is 18.3 Å². The zero-order chi connectivity index (χ0) is 14.9. The Balaban J connectivity index is 2.18. The molecule has 0 amide bonds. The van der Waals surface area contributed by atoms with Gasteiger partial charge in [0.1, 0.15) is 0 Å². The highest BCUT2D eigenvalue weighted by Gasteiger charge is 2.09. The van der Waals surface area contributed by atoms with E-state index >= 15 is 0 Å². The molecule has 112 valence electrons. The fourth-order valence-electron chi connectivity index (χ4n) is 1.88. The van der Waals surface area contributed by atoms with Crippen LogP contribution >= 0.6 is 0 Å². The van der Waals surface area contributed by atoms with Gasteiger partial charge in [0.2, 0.25) is 5.88 Å². The summed E-state index contributed by atoms with van der Waals surface area (Å²) in [5.74, 6) is 2.06. The molecule has 0 atom stereocenters. The van der Waals surface area contributed by atoms with Crippen molar-refractivity contribution in [2.75, 3.05) is 13.2 Å². The molecule has 4 nitrogen and oxygen atoms in total. The van der Waals surface area contributed by atoms with Crippen LogP contribution in [0.5, 0.6) is 17.4 Å². The molecule has 0 saturated heterocycles. The van der Waals surface area contributed by atoms with Gasteiger partial charge in [-0.2, -0.15) is 0 Å². The average molecular weight is 286 g/mol. The molecule has 0 aliphatic carbocycles. The number of hydrogen-bond acceptors (Lipinski definition) is 4. The van der Waals surface area contributed by atoms with E-state index in [2.05, 4.69) is 24.1 Å². The highest BCUT2D eigenvalue weighted by atomic mass is 16.5. The van der Waals surface area contributed by atoms with Gasteiger partial charge in [-0.05, 0) is 31.2 Å². The normalized spacial score (nSPS) is 10.4. The summed E-state index contributed by atoms with van der Waals surface area (Å²) in [7, 11) is 0. The van der Waals surface area contributed by atoms with Crippen molar-refractivity contribution in [3.8, 4) is 17.4 Å². The van der Waals surface area contributed by atoms with Crippen molar-refractivity contribution in [1.29, 1.82) is 0 Å². The summed E-state index contributed by atoms with van der Waals surface area (Å²) in [6.45, 7) is 6.47. The Kier molecular flexibility index (Phi) is 6.03. The van der Waals surface area contributed by atoms with Crippen LogP contribution in [0.25, 0.3) is 0 Å². The third kappa shape index (κ3) is 4.46. The van der Waals surface area contributed by atoms with Crippen LogP contribution in [0.2, 0.25) is 0 Å². The first-order chi connectivity index (χ1) is 10.3. The molecule has 0 radical (unpaired) electrons. The van der Waals surface area contributed by atoms with Gasteiger partial charge in [-0.1, -0.05) is 32.0 Å². The van der Waals surface area contributed by atoms with Crippen LogP contribution in [-0.4, -0.2) is 18.1 Å². The zero-order valence-electron chi connectivity index (χ0n) is 12.6. The van der Waals surface area contributed by atoms with E-state index in [0.717, 1.165) is 30.8 Å². The first kappa shape index (κ1) is 15.3. The molecule has 2 aromatic rings. The Hall–Kier alpha value is -2.07. The van der Waals surface area contributed by atoms with Crippen molar-refractivity contribution < 1.29 is 9.47 Å². The Labute approximate surface area is 126 Å². The average Bonchev–Trinajstić information content (AvgIpc) is 2.53. The third-order valence-electron chi connectivity index (χ3n) is 2.93. The molecule has 1 aromatic carbocycles. The summed E-state index contributed by atoms with van der Waals surface area (Å²) in [5, 5.41) is 3.29. The van der Waals surface area contributed by atoms with E-state index in [1.165, 1.54) is 0 Å². The minimum atomic E-state index is 0.617. The standard InChI is InChI=1S/C17H22N2O2/c1-3-12-20-15-9-5-6-10-16(15)21-17-14(13-18-4-2)8-7-11-19-17/h5-11,18H,3-4,12-13H2,1-2H3. The maximum atomic E-state index is 5.96. The monoisotopic (exact) mass is 286 g/mol. The number of hydrogen-bond donors (Lipinski definition) is 1. The number of benzene rings is 1. The number of ether oxygens (including phenoxy) is 2. The maximum absolute atomic E-state index is 5.96. The van der Waals surface area contributed by atoms with Crippen molar-refractivity contribution >= 4 is 0 Å². The summed E-state index contributed by atoms with van der Waals surface area (Å²) in [6.07, 6.45) is 2.70. The molecule has 1 N–H and O–H groups in total. The van der Waals surface area contributed by atoms with Gasteiger partial charge in [0.25, 0.3) is 0 Å². The van der Waals surface area contributed by atoms with Crippen LogP contribution in [0.3, 0.4) is 0 Å². The van der Waals surface area contributed by atoms with E-state index in [1.54, 1.807) is 6.20 Å². The highest BCUT2D eigenvalue weighted by Crippen LogP contribution is 2.31. The molecule has 21 heavy (non-hydrogen) atoms. The van der Waals surface area contributed by atoms with Gasteiger partial charge >= 0.3 is 0 Å². The van der Waals surface area contributed by atoms with E-state index in [1.807, 2.05) is 36.4 Å². The minimum absolute atomic E-state index is 0.617. The molecule has 0 bridgehead atoms. The Morgan fingerprint density at radius 3 is 2.62 bits per heavy atom. The van der Waals surface area contributed by atoms with Gasteiger partial charge in [0.15, 0.2) is 11.5 Å². The lowest BCUT2D eigenvalue weighted by Crippen LogP contribution is -2.12. The molecule has 0 unspecified atom stereocenters. The Morgan fingerprint density at radius 1 is 1.05 bits per heavy atom. The van der Waals surface area contributed by atoms with Gasteiger partial charge in [0.05, 0.1) is 6.61 Å². The second kappa shape index (κ2) is 8.27. The van der Waals surface area contributed by atoms with Gasteiger partial charge in [-0.15, -0.1) is 0 Å². The summed E-state index contributed by atoms with van der Waals surface area (Å²) < 4.78 is 11.7. The van der Waals surface area contributed by atoms with Gasteiger partial charge < -0.3 is 14.8 Å². The molecule has 1 aromatic heterocycles. The number of rotatable bonds is 8. The second-order valence-corrected chi connectivity index (χ2v) is 4.65. The van der Waals surface area contributed by atoms with Crippen LogP contribution in [-0.2, 0) is 6.54 Å². The topological polar surface area (TPSA) is 43.4 Å². The summed E-state index contributed by atoms with van der Waals surface area (Å²) >= 11 is 0. The molecular formula is C17H22N2O2. The molecular weight excluding hydrogens is 264 g/mol. The molecule has 1 heterocycles. The molecule has 4 heteroatoms. The van der Waals surface area contributed by atoms with Crippen LogP contribution < -0.4 is 14.8 Å². The lowest BCUT2D eigenvalue weighted by Gasteiger charge is -2.13. The third-order valence-corrected chi connectivity index (χ3v) is 2.93. The van der Waals surface area contributed by atoms with E-state index in [0.29, 0.717) is 18.2 Å². The predicted octanol–water partition coefficient (Wildman–Crippen LogP) is 3.77. The van der Waals surface area contributed by atoms with Crippen molar-refractivity contribution in [2.24, 2.45) is 0 Å². The lowest BCUT2D eigenvalue weighted by molar-refractivity contribution is 0.300. The molecule has 0 aliphatic rings. The second-order valence-electron chi connectivity index (χ2n) is 4.65. The Bertz CT molecular complexity index is 508. The van der Waals surface area contributed by atoms with E-state index in [4.69, 9.17) is 9.47 Å². The maximum Gasteiger partial charge on any atom is 0.223 e. The van der Waals surface area contributed by atoms with E-state index < -0.39 is 0 Å². The van der Waals surface area contributed by atoms with Crippen LogP contribution in [0, 0.1) is 0 Å². The number of nitrogens with zero attached hydrogens (tertiary/aromatic N) is 1. The van der Waals surface area contributed by atoms with Gasteiger partial charge in [-0.3, -0.25) is 0 Å². The zero-order valence-corrected chi connectivity index (χ0v) is 12.6. The molecule has 0 fully saturated rings. The summed E-state index contributed by atoms with van der Waals surface area (Å²) in [6, 6.07) is 11.6. The smallest absolute Gasteiger partial charge is 0.223 e. The molecule has 0 saturated carbocycles. The SMILES string of the molecule is CCCOc1ccccc1Oc1ncccc1CNCC. The largest absolute Gasteiger partial charge is 0.490 e. The summed E-state index contributed by atoms with van der Waals surface area (Å²) in [5.41, 5.74) is 1.03. The quantitative estimate of drug-likeness (QED) is 0.802. The molecule has 0 aliphatic heterocycles. The van der Waals surface area contributed by atoms with Gasteiger partial charge in [-0.25, -0.2) is 4.98 Å². The number of para-hydroxylation sites is 2. The van der Waals surface area contributed by atoms with E-state index in [9.17, 15) is 0 Å². The fourth-order valence-corrected chi connectivity index (χ4v) is 1.88. The first-order valence-electron chi connectivity index (χ1n) is 7.39. The van der Waals surface area contributed by atoms with Crippen molar-refractivity contribution in [3.05, 3.63) is 48.2 Å². The fraction of sp³-hybridized carbons (Fsp3) is 0.353. The number of pyridine rings is 1. The van der Waals surface area contributed by atoms with E-state index in [-0.39, 0.29) is 0 Å². The number of aromatic nitrogens is 1.